The zero-order valence-corrected chi connectivity index (χ0v) is 7.62. The van der Waals surface area contributed by atoms with Gasteiger partial charge < -0.3 is 4.74 Å². The fraction of sp³-hybridized carbons (Fsp3) is 0.143. The van der Waals surface area contributed by atoms with Crippen LogP contribution in [0.1, 0.15) is 0 Å². The van der Waals surface area contributed by atoms with Crippen LogP contribution in [0.2, 0.25) is 0 Å². The van der Waals surface area contributed by atoms with Gasteiger partial charge in [-0.1, -0.05) is 6.07 Å². The fourth-order valence-electron chi connectivity index (χ4n) is 0.688. The summed E-state index contributed by atoms with van der Waals surface area (Å²) in [4.78, 5) is 0. The summed E-state index contributed by atoms with van der Waals surface area (Å²) in [5.41, 5.74) is 0. The summed E-state index contributed by atoms with van der Waals surface area (Å²) in [6.45, 7) is 0. The van der Waals surface area contributed by atoms with E-state index in [-0.39, 0.29) is 4.47 Å². The second-order valence-electron chi connectivity index (χ2n) is 2.10. The molecule has 0 N–H and O–H groups in total. The van der Waals surface area contributed by atoms with Gasteiger partial charge in [0.1, 0.15) is 11.6 Å². The molecule has 1 aromatic carbocycles. The number of hydrogen-bond acceptors (Lipinski definition) is 1. The Labute approximate surface area is 79.4 Å². The van der Waals surface area contributed by atoms with E-state index in [1.54, 1.807) is 0 Å². The molecule has 0 aromatic heterocycles. The minimum absolute atomic E-state index is 0.340. The van der Waals surface area contributed by atoms with Crippen molar-refractivity contribution in [3.63, 3.8) is 0 Å². The fourth-order valence-corrected chi connectivity index (χ4v) is 1.03. The van der Waals surface area contributed by atoms with E-state index >= 15 is 0 Å². The van der Waals surface area contributed by atoms with E-state index in [1.807, 2.05) is 0 Å². The van der Waals surface area contributed by atoms with Crippen LogP contribution in [0.25, 0.3) is 0 Å². The number of benzene rings is 1. The highest BCUT2D eigenvalue weighted by Gasteiger charge is 2.32. The van der Waals surface area contributed by atoms with Crippen LogP contribution in [-0.2, 0) is 0 Å². The molecule has 0 heterocycles. The summed E-state index contributed by atoms with van der Waals surface area (Å²) < 4.78 is 50.9. The number of ether oxygens (including phenoxy) is 1. The van der Waals surface area contributed by atoms with Gasteiger partial charge >= 0.3 is 6.36 Å². The summed E-state index contributed by atoms with van der Waals surface area (Å²) in [6.07, 6.45) is -4.81. The summed E-state index contributed by atoms with van der Waals surface area (Å²) in [6, 6.07) is 3.16. The van der Waals surface area contributed by atoms with Crippen molar-refractivity contribution in [3.05, 3.63) is 28.5 Å². The van der Waals surface area contributed by atoms with Crippen LogP contribution >= 0.6 is 15.9 Å². The Kier molecular flexibility index (Phi) is 2.80. The smallest absolute Gasteiger partial charge is 0.404 e. The largest absolute Gasteiger partial charge is 0.573 e. The molecule has 0 aliphatic carbocycles. The molecular weight excluding hydrogens is 256 g/mol. The highest BCUT2D eigenvalue weighted by molar-refractivity contribution is 9.10. The molecule has 1 rings (SSSR count). The van der Waals surface area contributed by atoms with E-state index in [9.17, 15) is 17.6 Å². The summed E-state index contributed by atoms with van der Waals surface area (Å²) in [5, 5.41) is 0. The molecule has 0 fully saturated rings. The predicted molar refractivity (Wildman–Crippen MR) is 40.8 cm³/mol. The van der Waals surface area contributed by atoms with Crippen LogP contribution in [0, 0.1) is 5.82 Å². The van der Waals surface area contributed by atoms with E-state index in [4.69, 9.17) is 0 Å². The first kappa shape index (κ1) is 10.3. The monoisotopic (exact) mass is 258 g/mol. The van der Waals surface area contributed by atoms with Gasteiger partial charge in [-0.3, -0.25) is 0 Å². The molecular formula is C7H3BrF4O. The van der Waals surface area contributed by atoms with Crippen LogP contribution in [-0.4, -0.2) is 6.36 Å². The van der Waals surface area contributed by atoms with Gasteiger partial charge in [-0.05, 0) is 28.1 Å². The lowest BCUT2D eigenvalue weighted by Gasteiger charge is -2.10. The standard InChI is InChI=1S/C7H3BrF4O/c8-6-4(9)2-1-3-5(6)13-7(10,11)12/h1-3H. The third-order valence-electron chi connectivity index (χ3n) is 1.14. The average molecular weight is 259 g/mol. The average Bonchev–Trinajstić information content (AvgIpc) is 1.96. The van der Waals surface area contributed by atoms with Crippen LogP contribution in [0.3, 0.4) is 0 Å². The molecule has 0 aliphatic heterocycles. The molecule has 0 unspecified atom stereocenters. The van der Waals surface area contributed by atoms with Crippen molar-refractivity contribution in [2.75, 3.05) is 0 Å². The first-order valence-electron chi connectivity index (χ1n) is 3.10. The topological polar surface area (TPSA) is 9.23 Å². The maximum Gasteiger partial charge on any atom is 0.573 e. The van der Waals surface area contributed by atoms with Crippen molar-refractivity contribution in [2.45, 2.75) is 6.36 Å². The van der Waals surface area contributed by atoms with E-state index in [1.165, 1.54) is 0 Å². The minimum Gasteiger partial charge on any atom is -0.404 e. The molecule has 1 aromatic rings. The van der Waals surface area contributed by atoms with E-state index in [2.05, 4.69) is 20.7 Å². The lowest BCUT2D eigenvalue weighted by atomic mass is 10.3. The predicted octanol–water partition coefficient (Wildman–Crippen LogP) is 3.49. The highest BCUT2D eigenvalue weighted by atomic mass is 79.9. The number of halogens is 5. The van der Waals surface area contributed by atoms with Gasteiger partial charge in [0.05, 0.1) is 4.47 Å². The minimum atomic E-state index is -4.81. The Morgan fingerprint density at radius 2 is 1.85 bits per heavy atom. The van der Waals surface area contributed by atoms with Crippen LogP contribution < -0.4 is 4.74 Å². The SMILES string of the molecule is Fc1cccc(OC(F)(F)F)c1Br. The van der Waals surface area contributed by atoms with Gasteiger partial charge in [0.25, 0.3) is 0 Å². The third-order valence-corrected chi connectivity index (χ3v) is 1.91. The molecule has 0 aliphatic rings. The Morgan fingerprint density at radius 3 is 2.38 bits per heavy atom. The second-order valence-corrected chi connectivity index (χ2v) is 2.89. The first-order valence-corrected chi connectivity index (χ1v) is 3.89. The Morgan fingerprint density at radius 1 is 1.23 bits per heavy atom. The van der Waals surface area contributed by atoms with Crippen molar-refractivity contribution in [1.29, 1.82) is 0 Å². The summed E-state index contributed by atoms with van der Waals surface area (Å²) >= 11 is 2.63. The zero-order chi connectivity index (χ0) is 10.1. The van der Waals surface area contributed by atoms with Gasteiger partial charge in [-0.2, -0.15) is 0 Å². The van der Waals surface area contributed by atoms with E-state index in [0.717, 1.165) is 18.2 Å². The van der Waals surface area contributed by atoms with Crippen LogP contribution in [0.15, 0.2) is 22.7 Å². The van der Waals surface area contributed by atoms with Gasteiger partial charge in [0.15, 0.2) is 0 Å². The van der Waals surface area contributed by atoms with Gasteiger partial charge in [-0.15, -0.1) is 13.2 Å². The molecule has 6 heteroatoms. The van der Waals surface area contributed by atoms with E-state index < -0.39 is 17.9 Å². The second kappa shape index (κ2) is 3.53. The maximum absolute atomic E-state index is 12.7. The van der Waals surface area contributed by atoms with Crippen molar-refractivity contribution in [2.24, 2.45) is 0 Å². The molecule has 72 valence electrons. The number of hydrogen-bond donors (Lipinski definition) is 0. The lowest BCUT2D eigenvalue weighted by Crippen LogP contribution is -2.17. The maximum atomic E-state index is 12.7. The van der Waals surface area contributed by atoms with Gasteiger partial charge in [0, 0.05) is 0 Å². The van der Waals surface area contributed by atoms with Crippen LogP contribution in [0.5, 0.6) is 5.75 Å². The van der Waals surface area contributed by atoms with Crippen molar-refractivity contribution in [1.82, 2.24) is 0 Å². The first-order chi connectivity index (χ1) is 5.90. The normalized spacial score (nSPS) is 11.5. The third kappa shape index (κ3) is 2.87. The molecule has 0 bridgehead atoms. The van der Waals surface area contributed by atoms with Crippen molar-refractivity contribution < 1.29 is 22.3 Å². The summed E-state index contributed by atoms with van der Waals surface area (Å²) in [5.74, 6) is -1.39. The molecule has 0 radical (unpaired) electrons. The number of alkyl halides is 3. The zero-order valence-electron chi connectivity index (χ0n) is 6.03. The Balaban J connectivity index is 2.96. The molecule has 0 atom stereocenters. The molecule has 13 heavy (non-hydrogen) atoms. The molecule has 0 amide bonds. The Hall–Kier alpha value is -0.780. The molecule has 0 spiro atoms. The number of rotatable bonds is 1. The van der Waals surface area contributed by atoms with E-state index in [0.29, 0.717) is 0 Å². The highest BCUT2D eigenvalue weighted by Crippen LogP contribution is 2.31. The molecule has 0 saturated heterocycles. The van der Waals surface area contributed by atoms with Crippen LogP contribution in [0.4, 0.5) is 17.6 Å². The lowest BCUT2D eigenvalue weighted by molar-refractivity contribution is -0.275. The molecule has 0 saturated carbocycles. The quantitative estimate of drug-likeness (QED) is 0.701. The van der Waals surface area contributed by atoms with Gasteiger partial charge in [0.2, 0.25) is 0 Å². The van der Waals surface area contributed by atoms with Crippen molar-refractivity contribution >= 4 is 15.9 Å². The van der Waals surface area contributed by atoms with Gasteiger partial charge in [-0.25, -0.2) is 4.39 Å². The van der Waals surface area contributed by atoms with Crippen molar-refractivity contribution in [3.8, 4) is 5.75 Å². The summed E-state index contributed by atoms with van der Waals surface area (Å²) in [7, 11) is 0. The molecule has 1 nitrogen and oxygen atoms in total. The Bertz CT molecular complexity index is 310.